The lowest BCUT2D eigenvalue weighted by atomic mass is 10.2. The molecular formula is C14H15Cl2N5. The number of halogens is 2. The normalized spacial score (nSPS) is 11.4. The highest BCUT2D eigenvalue weighted by molar-refractivity contribution is 6.31. The van der Waals surface area contributed by atoms with E-state index in [1.165, 1.54) is 5.56 Å². The Balaban J connectivity index is 1.92. The van der Waals surface area contributed by atoms with Gasteiger partial charge in [-0.25, -0.2) is 9.97 Å². The van der Waals surface area contributed by atoms with Gasteiger partial charge in [0.2, 0.25) is 0 Å². The van der Waals surface area contributed by atoms with E-state index < -0.39 is 0 Å². The second kappa shape index (κ2) is 6.03. The van der Waals surface area contributed by atoms with E-state index in [2.05, 4.69) is 19.6 Å². The fraction of sp³-hybridized carbons (Fsp3) is 0.357. The van der Waals surface area contributed by atoms with Crippen LogP contribution in [0.1, 0.15) is 11.4 Å². The summed E-state index contributed by atoms with van der Waals surface area (Å²) in [6.07, 6.45) is 7.13. The van der Waals surface area contributed by atoms with Crippen molar-refractivity contribution < 1.29 is 0 Å². The molecule has 0 saturated carbocycles. The van der Waals surface area contributed by atoms with Gasteiger partial charge in [-0.05, 0) is 18.1 Å². The number of alkyl halides is 1. The number of hydrogen-bond donors (Lipinski definition) is 0. The minimum Gasteiger partial charge on any atom is -0.312 e. The summed E-state index contributed by atoms with van der Waals surface area (Å²) in [5, 5.41) is 4.78. The lowest BCUT2D eigenvalue weighted by Crippen LogP contribution is -2.07. The molecule has 0 aliphatic carbocycles. The number of hydrogen-bond acceptors (Lipinski definition) is 3. The molecule has 0 fully saturated rings. The molecule has 0 saturated heterocycles. The molecule has 3 aromatic heterocycles. The van der Waals surface area contributed by atoms with Gasteiger partial charge in [-0.3, -0.25) is 4.68 Å². The van der Waals surface area contributed by atoms with Gasteiger partial charge < -0.3 is 4.57 Å². The van der Waals surface area contributed by atoms with Crippen molar-refractivity contribution in [3.8, 4) is 0 Å². The molecule has 0 aromatic carbocycles. The largest absolute Gasteiger partial charge is 0.312 e. The van der Waals surface area contributed by atoms with Crippen LogP contribution in [0, 0.1) is 0 Å². The van der Waals surface area contributed by atoms with Crippen molar-refractivity contribution in [1.82, 2.24) is 24.3 Å². The monoisotopic (exact) mass is 323 g/mol. The molecule has 3 aromatic rings. The van der Waals surface area contributed by atoms with E-state index in [0.29, 0.717) is 17.3 Å². The molecule has 0 spiro atoms. The highest BCUT2D eigenvalue weighted by Crippen LogP contribution is 2.19. The zero-order valence-corrected chi connectivity index (χ0v) is 13.1. The lowest BCUT2D eigenvalue weighted by molar-refractivity contribution is 0.669. The first-order valence-corrected chi connectivity index (χ1v) is 7.63. The summed E-state index contributed by atoms with van der Waals surface area (Å²) >= 11 is 11.9. The van der Waals surface area contributed by atoms with Crippen LogP contribution in [0.3, 0.4) is 0 Å². The van der Waals surface area contributed by atoms with Crippen molar-refractivity contribution in [2.45, 2.75) is 19.4 Å². The van der Waals surface area contributed by atoms with Crippen LogP contribution in [-0.2, 0) is 26.4 Å². The molecule has 0 atom stereocenters. The smallest absolute Gasteiger partial charge is 0.160 e. The van der Waals surface area contributed by atoms with E-state index >= 15 is 0 Å². The Kier molecular flexibility index (Phi) is 4.12. The summed E-state index contributed by atoms with van der Waals surface area (Å²) in [7, 11) is 1.92. The van der Waals surface area contributed by atoms with E-state index in [-0.39, 0.29) is 0 Å². The Morgan fingerprint density at radius 2 is 2.10 bits per heavy atom. The van der Waals surface area contributed by atoms with Crippen molar-refractivity contribution in [3.63, 3.8) is 0 Å². The van der Waals surface area contributed by atoms with Crippen molar-refractivity contribution in [2.24, 2.45) is 7.05 Å². The Morgan fingerprint density at radius 1 is 1.24 bits per heavy atom. The van der Waals surface area contributed by atoms with Crippen LogP contribution in [0.4, 0.5) is 0 Å². The zero-order valence-electron chi connectivity index (χ0n) is 11.6. The second-order valence-electron chi connectivity index (χ2n) is 4.89. The summed E-state index contributed by atoms with van der Waals surface area (Å²) < 4.78 is 3.92. The first-order chi connectivity index (χ1) is 10.2. The molecule has 0 aliphatic rings. The van der Waals surface area contributed by atoms with Crippen LogP contribution in [0.2, 0.25) is 5.02 Å². The first-order valence-electron chi connectivity index (χ1n) is 6.71. The fourth-order valence-electron chi connectivity index (χ4n) is 2.39. The molecule has 21 heavy (non-hydrogen) atoms. The Morgan fingerprint density at radius 3 is 2.81 bits per heavy atom. The number of aryl methyl sites for hydroxylation is 4. The average Bonchev–Trinajstić information content (AvgIpc) is 3.00. The molecule has 0 N–H and O–H groups in total. The molecular weight excluding hydrogens is 309 g/mol. The van der Waals surface area contributed by atoms with Gasteiger partial charge in [0.05, 0.1) is 11.2 Å². The van der Waals surface area contributed by atoms with Gasteiger partial charge in [0.15, 0.2) is 5.65 Å². The van der Waals surface area contributed by atoms with Gasteiger partial charge in [0.1, 0.15) is 11.3 Å². The number of fused-ring (bicyclic) bond motifs is 1. The summed E-state index contributed by atoms with van der Waals surface area (Å²) in [6, 6.07) is 1.84. The van der Waals surface area contributed by atoms with Gasteiger partial charge in [-0.15, -0.1) is 11.6 Å². The summed E-state index contributed by atoms with van der Waals surface area (Å²) in [5.41, 5.74) is 2.85. The summed E-state index contributed by atoms with van der Waals surface area (Å²) in [4.78, 5) is 9.00. The van der Waals surface area contributed by atoms with Crippen molar-refractivity contribution >= 4 is 34.4 Å². The Labute approximate surface area is 132 Å². The Bertz CT molecular complexity index is 762. The molecule has 0 unspecified atom stereocenters. The number of nitrogens with zero attached hydrogens (tertiary/aromatic N) is 5. The zero-order chi connectivity index (χ0) is 14.8. The van der Waals surface area contributed by atoms with Crippen molar-refractivity contribution in [2.75, 3.05) is 5.88 Å². The molecule has 0 aliphatic heterocycles. The standard InChI is InChI=1S/C14H15Cl2N5/c1-20-9-10(7-18-20)3-5-21-13(2-4-15)19-12-6-11(16)8-17-14(12)21/h6-9H,2-5H2,1H3. The number of rotatable bonds is 5. The maximum Gasteiger partial charge on any atom is 0.160 e. The third-order valence-corrected chi connectivity index (χ3v) is 3.73. The molecule has 5 nitrogen and oxygen atoms in total. The van der Waals surface area contributed by atoms with E-state index in [1.54, 1.807) is 10.9 Å². The summed E-state index contributed by atoms with van der Waals surface area (Å²) in [5.74, 6) is 1.47. The highest BCUT2D eigenvalue weighted by Gasteiger charge is 2.12. The summed E-state index contributed by atoms with van der Waals surface area (Å²) in [6.45, 7) is 0.795. The quantitative estimate of drug-likeness (QED) is 0.678. The van der Waals surface area contributed by atoms with Crippen molar-refractivity contribution in [1.29, 1.82) is 0 Å². The van der Waals surface area contributed by atoms with E-state index in [0.717, 1.165) is 30.0 Å². The Hall–Kier alpha value is -1.59. The third kappa shape index (κ3) is 3.04. The topological polar surface area (TPSA) is 48.5 Å². The van der Waals surface area contributed by atoms with Gasteiger partial charge in [0.25, 0.3) is 0 Å². The molecule has 0 bridgehead atoms. The van der Waals surface area contributed by atoms with E-state index in [9.17, 15) is 0 Å². The van der Waals surface area contributed by atoms with E-state index in [4.69, 9.17) is 23.2 Å². The van der Waals surface area contributed by atoms with Crippen LogP contribution >= 0.6 is 23.2 Å². The van der Waals surface area contributed by atoms with E-state index in [1.807, 2.05) is 25.5 Å². The fourth-order valence-corrected chi connectivity index (χ4v) is 2.71. The van der Waals surface area contributed by atoms with Gasteiger partial charge >= 0.3 is 0 Å². The van der Waals surface area contributed by atoms with Crippen LogP contribution in [0.5, 0.6) is 0 Å². The number of pyridine rings is 1. The average molecular weight is 324 g/mol. The molecule has 3 rings (SSSR count). The van der Waals surface area contributed by atoms with Gasteiger partial charge in [0, 0.05) is 38.3 Å². The van der Waals surface area contributed by atoms with Gasteiger partial charge in [-0.1, -0.05) is 11.6 Å². The SMILES string of the molecule is Cn1cc(CCn2c(CCCl)nc3cc(Cl)cnc32)cn1. The predicted molar refractivity (Wildman–Crippen MR) is 83.9 cm³/mol. The molecule has 3 heterocycles. The molecule has 110 valence electrons. The maximum absolute atomic E-state index is 5.98. The van der Waals surface area contributed by atoms with Crippen molar-refractivity contribution in [3.05, 3.63) is 41.1 Å². The predicted octanol–water partition coefficient (Wildman–Crippen LogP) is 2.84. The molecule has 0 amide bonds. The lowest BCUT2D eigenvalue weighted by Gasteiger charge is -2.06. The third-order valence-electron chi connectivity index (χ3n) is 3.33. The highest BCUT2D eigenvalue weighted by atomic mass is 35.5. The maximum atomic E-state index is 5.98. The molecule has 7 heteroatoms. The first kappa shape index (κ1) is 14.4. The molecule has 0 radical (unpaired) electrons. The van der Waals surface area contributed by atoms with Gasteiger partial charge in [-0.2, -0.15) is 5.10 Å². The minimum atomic E-state index is 0.532. The number of aromatic nitrogens is 5. The minimum absolute atomic E-state index is 0.532. The van der Waals surface area contributed by atoms with Crippen LogP contribution in [-0.4, -0.2) is 30.2 Å². The van der Waals surface area contributed by atoms with Crippen LogP contribution in [0.15, 0.2) is 24.7 Å². The van der Waals surface area contributed by atoms with Crippen LogP contribution in [0.25, 0.3) is 11.2 Å². The van der Waals surface area contributed by atoms with Crippen LogP contribution < -0.4 is 0 Å². The number of imidazole rings is 1. The second-order valence-corrected chi connectivity index (χ2v) is 5.70.